The molecule has 1 amide bonds. The van der Waals surface area contributed by atoms with E-state index >= 15 is 0 Å². The molecule has 2 aliphatic heterocycles. The molecule has 0 bridgehead atoms. The van der Waals surface area contributed by atoms with Crippen molar-refractivity contribution < 1.29 is 19.1 Å². The van der Waals surface area contributed by atoms with Crippen LogP contribution in [0.2, 0.25) is 0 Å². The first-order valence-corrected chi connectivity index (χ1v) is 10.6. The van der Waals surface area contributed by atoms with E-state index in [9.17, 15) is 9.18 Å². The van der Waals surface area contributed by atoms with E-state index in [1.807, 2.05) is 13.0 Å². The van der Waals surface area contributed by atoms with Crippen molar-refractivity contribution in [3.63, 3.8) is 0 Å². The van der Waals surface area contributed by atoms with Gasteiger partial charge in [-0.15, -0.1) is 0 Å². The van der Waals surface area contributed by atoms with E-state index in [0.717, 1.165) is 31.7 Å². The standard InChI is InChI=1S/C24H27FN2O.CH2O2/c1-2-23(28)27-16-20-15-26(14-6-7-18-10-12-21(25)13-11-18)17-22(20)24(27)19-8-4-3-5-9-19;2-1-3/h3-13,20,22,24H,2,14-17H2,1H3;1H,(H,2,3)/b7-6+;/t20-,22-,24+;/m0./s1. The van der Waals surface area contributed by atoms with E-state index in [1.165, 1.54) is 17.7 Å². The molecule has 3 atom stereocenters. The van der Waals surface area contributed by atoms with Gasteiger partial charge in [0.2, 0.25) is 5.91 Å². The summed E-state index contributed by atoms with van der Waals surface area (Å²) >= 11 is 0. The highest BCUT2D eigenvalue weighted by atomic mass is 19.1. The molecular weight excluding hydrogens is 395 g/mol. The minimum atomic E-state index is -0.250. The second kappa shape index (κ2) is 10.9. The van der Waals surface area contributed by atoms with Crippen LogP contribution >= 0.6 is 0 Å². The van der Waals surface area contributed by atoms with Crippen LogP contribution in [0.5, 0.6) is 0 Å². The van der Waals surface area contributed by atoms with Crippen LogP contribution in [0.15, 0.2) is 60.7 Å². The Labute approximate surface area is 182 Å². The van der Waals surface area contributed by atoms with Crippen molar-refractivity contribution in [2.45, 2.75) is 19.4 Å². The Kier molecular flexibility index (Phi) is 7.95. The number of nitrogens with zero attached hydrogens (tertiary/aromatic N) is 2. The van der Waals surface area contributed by atoms with Crippen LogP contribution in [0, 0.1) is 17.7 Å². The third-order valence-corrected chi connectivity index (χ3v) is 6.05. The highest BCUT2D eigenvalue weighted by Gasteiger charge is 2.48. The van der Waals surface area contributed by atoms with Crippen LogP contribution in [-0.4, -0.2) is 53.5 Å². The second-order valence-corrected chi connectivity index (χ2v) is 7.96. The predicted octanol–water partition coefficient (Wildman–Crippen LogP) is 4.08. The number of rotatable bonds is 5. The summed E-state index contributed by atoms with van der Waals surface area (Å²) in [4.78, 5) is 25.5. The number of likely N-dealkylation sites (tertiary alicyclic amines) is 2. The van der Waals surface area contributed by atoms with E-state index < -0.39 is 0 Å². The predicted molar refractivity (Wildman–Crippen MR) is 119 cm³/mol. The number of amides is 1. The van der Waals surface area contributed by atoms with Crippen LogP contribution < -0.4 is 0 Å². The molecule has 31 heavy (non-hydrogen) atoms. The largest absolute Gasteiger partial charge is 0.483 e. The number of carbonyl (C=O) groups is 2. The molecule has 4 rings (SSSR count). The molecule has 2 aromatic carbocycles. The van der Waals surface area contributed by atoms with Gasteiger partial charge in [-0.1, -0.05) is 61.5 Å². The number of halogens is 1. The number of carbonyl (C=O) groups excluding carboxylic acids is 1. The first-order valence-electron chi connectivity index (χ1n) is 10.6. The lowest BCUT2D eigenvalue weighted by atomic mass is 9.89. The molecule has 2 fully saturated rings. The first-order chi connectivity index (χ1) is 15.1. The van der Waals surface area contributed by atoms with E-state index in [4.69, 9.17) is 9.90 Å². The molecule has 2 aromatic rings. The number of hydrogen-bond donors (Lipinski definition) is 1. The average Bonchev–Trinajstić information content (AvgIpc) is 3.33. The van der Waals surface area contributed by atoms with Gasteiger partial charge in [0.25, 0.3) is 6.47 Å². The van der Waals surface area contributed by atoms with Gasteiger partial charge >= 0.3 is 0 Å². The summed E-state index contributed by atoms with van der Waals surface area (Å²) in [6.07, 6.45) is 4.77. The Morgan fingerprint density at radius 1 is 1.10 bits per heavy atom. The molecule has 1 N–H and O–H groups in total. The minimum Gasteiger partial charge on any atom is -0.483 e. The molecule has 6 heteroatoms. The molecule has 2 heterocycles. The van der Waals surface area contributed by atoms with Crippen molar-refractivity contribution >= 4 is 18.5 Å². The summed E-state index contributed by atoms with van der Waals surface area (Å²) in [5, 5.41) is 6.89. The topological polar surface area (TPSA) is 60.9 Å². The molecule has 0 spiro atoms. The summed E-state index contributed by atoms with van der Waals surface area (Å²) in [5.41, 5.74) is 2.27. The van der Waals surface area contributed by atoms with Crippen LogP contribution in [0.1, 0.15) is 30.5 Å². The van der Waals surface area contributed by atoms with Crippen LogP contribution in [0.4, 0.5) is 4.39 Å². The maximum absolute atomic E-state index is 13.0. The van der Waals surface area contributed by atoms with Gasteiger partial charge in [-0.3, -0.25) is 14.5 Å². The summed E-state index contributed by atoms with van der Waals surface area (Å²) in [5.74, 6) is 1.06. The number of hydrogen-bond acceptors (Lipinski definition) is 3. The normalized spacial score (nSPS) is 22.8. The molecule has 5 nitrogen and oxygen atoms in total. The number of fused-ring (bicyclic) bond motifs is 1. The molecule has 2 saturated heterocycles. The van der Waals surface area contributed by atoms with Gasteiger partial charge in [0.15, 0.2) is 0 Å². The minimum absolute atomic E-state index is 0.185. The SMILES string of the molecule is CCC(=O)N1C[C@@H]2CN(C/C=C/c3ccc(F)cc3)C[C@@H]2[C@H]1c1ccccc1.O=CO. The average molecular weight is 425 g/mol. The van der Waals surface area contributed by atoms with Crippen LogP contribution in [-0.2, 0) is 9.59 Å². The third-order valence-electron chi connectivity index (χ3n) is 6.05. The van der Waals surface area contributed by atoms with Gasteiger partial charge in [0.05, 0.1) is 6.04 Å². The van der Waals surface area contributed by atoms with E-state index in [-0.39, 0.29) is 24.2 Å². The Morgan fingerprint density at radius 2 is 1.77 bits per heavy atom. The molecule has 164 valence electrons. The number of benzene rings is 2. The van der Waals surface area contributed by atoms with E-state index in [2.05, 4.69) is 46.2 Å². The quantitative estimate of drug-likeness (QED) is 0.735. The van der Waals surface area contributed by atoms with Crippen molar-refractivity contribution in [1.82, 2.24) is 9.80 Å². The van der Waals surface area contributed by atoms with Gasteiger partial charge in [0.1, 0.15) is 5.82 Å². The first kappa shape index (κ1) is 22.7. The van der Waals surface area contributed by atoms with Gasteiger partial charge in [-0.25, -0.2) is 4.39 Å². The maximum Gasteiger partial charge on any atom is 0.290 e. The highest BCUT2D eigenvalue weighted by Crippen LogP contribution is 2.45. The lowest BCUT2D eigenvalue weighted by Gasteiger charge is -2.29. The van der Waals surface area contributed by atoms with Gasteiger partial charge < -0.3 is 10.0 Å². The van der Waals surface area contributed by atoms with Gasteiger partial charge in [-0.2, -0.15) is 0 Å². The van der Waals surface area contributed by atoms with Crippen LogP contribution in [0.3, 0.4) is 0 Å². The smallest absolute Gasteiger partial charge is 0.290 e. The van der Waals surface area contributed by atoms with Crippen molar-refractivity contribution in [3.8, 4) is 0 Å². The van der Waals surface area contributed by atoms with Gasteiger partial charge in [-0.05, 0) is 29.2 Å². The van der Waals surface area contributed by atoms with Crippen molar-refractivity contribution in [2.24, 2.45) is 11.8 Å². The monoisotopic (exact) mass is 424 g/mol. The molecule has 0 radical (unpaired) electrons. The molecule has 0 saturated carbocycles. The van der Waals surface area contributed by atoms with Gasteiger partial charge in [0, 0.05) is 38.5 Å². The zero-order valence-electron chi connectivity index (χ0n) is 17.7. The van der Waals surface area contributed by atoms with Crippen molar-refractivity contribution in [3.05, 3.63) is 77.6 Å². The molecule has 0 unspecified atom stereocenters. The maximum atomic E-state index is 13.0. The zero-order chi connectivity index (χ0) is 22.2. The fourth-order valence-electron chi connectivity index (χ4n) is 4.74. The molecular formula is C25H29FN2O3. The van der Waals surface area contributed by atoms with Crippen LogP contribution in [0.25, 0.3) is 6.08 Å². The Balaban J connectivity index is 0.000000858. The lowest BCUT2D eigenvalue weighted by molar-refractivity contribution is -0.132. The molecule has 0 aliphatic carbocycles. The summed E-state index contributed by atoms with van der Waals surface area (Å²) in [6, 6.07) is 17.2. The van der Waals surface area contributed by atoms with Crippen molar-refractivity contribution in [1.29, 1.82) is 0 Å². The van der Waals surface area contributed by atoms with E-state index in [0.29, 0.717) is 18.3 Å². The summed E-state index contributed by atoms with van der Waals surface area (Å²) in [7, 11) is 0. The molecule has 0 aromatic heterocycles. The number of carboxylic acid groups (broad SMARTS) is 1. The fraction of sp³-hybridized carbons (Fsp3) is 0.360. The highest BCUT2D eigenvalue weighted by molar-refractivity contribution is 5.77. The van der Waals surface area contributed by atoms with Crippen molar-refractivity contribution in [2.75, 3.05) is 26.2 Å². The van der Waals surface area contributed by atoms with E-state index in [1.54, 1.807) is 12.1 Å². The third kappa shape index (κ3) is 5.58. The Hall–Kier alpha value is -2.99. The summed E-state index contributed by atoms with van der Waals surface area (Å²) in [6.45, 7) is 5.47. The second-order valence-electron chi connectivity index (χ2n) is 7.96. The Morgan fingerprint density at radius 3 is 2.42 bits per heavy atom. The fourth-order valence-corrected chi connectivity index (χ4v) is 4.74. The Bertz CT molecular complexity index is 885. The lowest BCUT2D eigenvalue weighted by Crippen LogP contribution is -2.35. The summed E-state index contributed by atoms with van der Waals surface area (Å²) < 4.78 is 13.0. The zero-order valence-corrected chi connectivity index (χ0v) is 17.7. The molecule has 2 aliphatic rings.